The quantitative estimate of drug-likeness (QED) is 0.531. The third-order valence-electron chi connectivity index (χ3n) is 1.12. The number of hydrogen-bond acceptors (Lipinski definition) is 1. The summed E-state index contributed by atoms with van der Waals surface area (Å²) in [6, 6.07) is 0. The van der Waals surface area contributed by atoms with Gasteiger partial charge in [-0.1, -0.05) is 0 Å². The predicted molar refractivity (Wildman–Crippen MR) is 54.4 cm³/mol. The van der Waals surface area contributed by atoms with Gasteiger partial charge in [-0.15, -0.1) is 0 Å². The Hall–Kier alpha value is 1.44. The molecule has 14 heavy (non-hydrogen) atoms. The topological polar surface area (TPSA) is 106 Å². The van der Waals surface area contributed by atoms with Crippen molar-refractivity contribution in [1.29, 1.82) is 0 Å². The van der Waals surface area contributed by atoms with Crippen LogP contribution in [0.25, 0.3) is 0 Å². The minimum Gasteiger partial charge on any atom is -2.00 e. The largest absolute Gasteiger partial charge is 2.00 e. The van der Waals surface area contributed by atoms with Crippen LogP contribution < -0.4 is 0 Å². The van der Waals surface area contributed by atoms with Crippen LogP contribution >= 0.6 is 0 Å². The second kappa shape index (κ2) is 36.6. The maximum absolute atomic E-state index is 8.21. The van der Waals surface area contributed by atoms with Gasteiger partial charge in [0.05, 0.1) is 0 Å². The zero-order valence-corrected chi connectivity index (χ0v) is 14.3. The van der Waals surface area contributed by atoms with E-state index in [0.717, 1.165) is 6.42 Å². The average molecular weight is 416 g/mol. The number of aliphatic hydroxyl groups excluding tert-OH is 1. The van der Waals surface area contributed by atoms with Crippen LogP contribution in [0.4, 0.5) is 0 Å². The SMILES string of the molecule is CCC[CH2][Sn+3].OCCC[CH2][Sn+3].[O-2].[O-2].[O-2]. The normalized spacial score (nSPS) is 7.00. The van der Waals surface area contributed by atoms with Gasteiger partial charge in [0, 0.05) is 0 Å². The van der Waals surface area contributed by atoms with E-state index in [9.17, 15) is 0 Å². The predicted octanol–water partition coefficient (Wildman–Crippen LogP) is 1.36. The van der Waals surface area contributed by atoms with Gasteiger partial charge in [-0.3, -0.25) is 0 Å². The van der Waals surface area contributed by atoms with E-state index in [-0.39, 0.29) is 16.4 Å². The Morgan fingerprint density at radius 3 is 1.36 bits per heavy atom. The molecule has 0 saturated heterocycles. The van der Waals surface area contributed by atoms with Gasteiger partial charge in [-0.2, -0.15) is 0 Å². The smallest absolute Gasteiger partial charge is 2.00 e. The van der Waals surface area contributed by atoms with Crippen LogP contribution in [0.2, 0.25) is 8.87 Å². The van der Waals surface area contributed by atoms with Gasteiger partial charge in [-0.05, 0) is 0 Å². The van der Waals surface area contributed by atoms with Crippen molar-refractivity contribution in [2.24, 2.45) is 0 Å². The Balaban J connectivity index is -0.0000000321. The standard InChI is InChI=1S/C4H9O.C4H9.3O.2Sn/c1-2-3-4-5;1-3-4-2;;;;;/h5H,1-4H2;1,3-4H2,2H3;;;;;/q;;3*-2;2*+3. The third kappa shape index (κ3) is 50.2. The second-order valence-corrected chi connectivity index (χ2v) is 5.14. The zero-order chi connectivity index (χ0) is 8.95. The molecule has 0 unspecified atom stereocenters. The average Bonchev–Trinajstić information content (AvgIpc) is 2.04. The summed E-state index contributed by atoms with van der Waals surface area (Å²) in [5, 5.41) is 8.21. The van der Waals surface area contributed by atoms with Gasteiger partial charge in [0.25, 0.3) is 0 Å². The van der Waals surface area contributed by atoms with Crippen molar-refractivity contribution in [1.82, 2.24) is 0 Å². The summed E-state index contributed by atoms with van der Waals surface area (Å²) >= 11 is 3.27. The summed E-state index contributed by atoms with van der Waals surface area (Å²) < 4.78 is 2.72. The zero-order valence-electron chi connectivity index (χ0n) is 8.62. The van der Waals surface area contributed by atoms with E-state index < -0.39 is 0 Å². The Labute approximate surface area is 114 Å². The van der Waals surface area contributed by atoms with Crippen molar-refractivity contribution in [2.75, 3.05) is 6.61 Å². The van der Waals surface area contributed by atoms with E-state index in [0.29, 0.717) is 6.61 Å². The molecule has 6 heteroatoms. The van der Waals surface area contributed by atoms with Crippen LogP contribution in [0.15, 0.2) is 0 Å². The Kier molecular flexibility index (Phi) is 77.3. The van der Waals surface area contributed by atoms with Crippen molar-refractivity contribution < 1.29 is 21.5 Å². The molecule has 0 aromatic carbocycles. The van der Waals surface area contributed by atoms with E-state index in [4.69, 9.17) is 5.11 Å². The van der Waals surface area contributed by atoms with Crippen molar-refractivity contribution in [3.63, 3.8) is 0 Å². The fraction of sp³-hybridized carbons (Fsp3) is 1.00. The molecule has 0 aromatic heterocycles. The molecular weight excluding hydrogens is 398 g/mol. The maximum Gasteiger partial charge on any atom is -2.00 e. The summed E-state index contributed by atoms with van der Waals surface area (Å²) in [5.41, 5.74) is 0. The molecule has 0 radical (unpaired) electrons. The minimum atomic E-state index is 0. The molecule has 0 aliphatic carbocycles. The molecule has 0 amide bonds. The molecule has 0 aliphatic heterocycles. The van der Waals surface area contributed by atoms with Gasteiger partial charge in [0.15, 0.2) is 0 Å². The van der Waals surface area contributed by atoms with Crippen LogP contribution in [0.3, 0.4) is 0 Å². The first-order valence-corrected chi connectivity index (χ1v) is 8.27. The van der Waals surface area contributed by atoms with Gasteiger partial charge in [0.2, 0.25) is 0 Å². The summed E-state index contributed by atoms with van der Waals surface area (Å²) in [6.07, 6.45) is 4.99. The first kappa shape index (κ1) is 29.5. The summed E-state index contributed by atoms with van der Waals surface area (Å²) in [5.74, 6) is 0. The van der Waals surface area contributed by atoms with Crippen molar-refractivity contribution in [3.05, 3.63) is 0 Å². The number of unbranched alkanes of at least 4 members (excludes halogenated alkanes) is 2. The summed E-state index contributed by atoms with van der Waals surface area (Å²) in [7, 11) is 0. The Bertz CT molecular complexity index is 52.6. The van der Waals surface area contributed by atoms with Crippen molar-refractivity contribution in [3.8, 4) is 0 Å². The molecule has 82 valence electrons. The summed E-state index contributed by atoms with van der Waals surface area (Å²) in [6.45, 7) is 2.60. The molecule has 0 bridgehead atoms. The van der Waals surface area contributed by atoms with Crippen LogP contribution in [-0.4, -0.2) is 56.8 Å². The number of hydrogen-bond donors (Lipinski definition) is 1. The van der Waals surface area contributed by atoms with Gasteiger partial charge in [0.1, 0.15) is 0 Å². The van der Waals surface area contributed by atoms with Crippen LogP contribution in [0.1, 0.15) is 32.6 Å². The molecule has 0 fully saturated rings. The van der Waals surface area contributed by atoms with E-state index >= 15 is 0 Å². The first-order chi connectivity index (χ1) is 5.33. The molecule has 0 aromatic rings. The van der Waals surface area contributed by atoms with Crippen LogP contribution in [-0.2, 0) is 16.4 Å². The Morgan fingerprint density at radius 2 is 1.29 bits per heavy atom. The minimum absolute atomic E-state index is 0. The van der Waals surface area contributed by atoms with Crippen LogP contribution in [0.5, 0.6) is 0 Å². The van der Waals surface area contributed by atoms with Gasteiger partial charge < -0.3 is 16.4 Å². The van der Waals surface area contributed by atoms with E-state index in [1.807, 2.05) is 0 Å². The molecule has 1 N–H and O–H groups in total. The van der Waals surface area contributed by atoms with E-state index in [1.54, 1.807) is 45.0 Å². The van der Waals surface area contributed by atoms with Gasteiger partial charge >= 0.3 is 98.2 Å². The van der Waals surface area contributed by atoms with Gasteiger partial charge in [-0.25, -0.2) is 0 Å². The second-order valence-electron chi connectivity index (χ2n) is 2.28. The molecule has 0 aliphatic rings. The van der Waals surface area contributed by atoms with Crippen molar-refractivity contribution >= 4 is 45.0 Å². The number of rotatable bonds is 5. The fourth-order valence-corrected chi connectivity index (χ4v) is 2.14. The van der Waals surface area contributed by atoms with E-state index in [2.05, 4.69) is 6.92 Å². The monoisotopic (exact) mass is 418 g/mol. The van der Waals surface area contributed by atoms with Crippen LogP contribution in [0, 0.1) is 0 Å². The molecule has 0 atom stereocenters. The first-order valence-electron chi connectivity index (χ1n) is 4.23. The molecule has 0 heterocycles. The third-order valence-corrected chi connectivity index (χ3v) is 3.13. The molecule has 0 saturated carbocycles. The van der Waals surface area contributed by atoms with Crippen molar-refractivity contribution in [2.45, 2.75) is 41.5 Å². The molecule has 4 nitrogen and oxygen atoms in total. The summed E-state index contributed by atoms with van der Waals surface area (Å²) in [4.78, 5) is 0. The van der Waals surface area contributed by atoms with E-state index in [1.165, 1.54) is 28.1 Å². The fourth-order valence-electron chi connectivity index (χ4n) is 0.414. The maximum atomic E-state index is 8.21. The molecular formula is C8H18O4Sn2. The molecule has 0 spiro atoms. The number of aliphatic hydroxyl groups is 1. The molecule has 0 rings (SSSR count). The Morgan fingerprint density at radius 1 is 0.857 bits per heavy atom.